The summed E-state index contributed by atoms with van der Waals surface area (Å²) in [5.74, 6) is -1.56. The predicted molar refractivity (Wildman–Crippen MR) is 127 cm³/mol. The van der Waals surface area contributed by atoms with Crippen molar-refractivity contribution >= 4 is 39.3 Å². The molecular formula is C25H17ClF2N6O. The number of hydrogen-bond acceptors (Lipinski definition) is 4. The molecular weight excluding hydrogens is 474 g/mol. The maximum atomic E-state index is 14.5. The lowest BCUT2D eigenvalue weighted by Gasteiger charge is -2.07. The highest BCUT2D eigenvalue weighted by atomic mass is 35.5. The van der Waals surface area contributed by atoms with Crippen LogP contribution in [0.3, 0.4) is 0 Å². The van der Waals surface area contributed by atoms with E-state index in [1.165, 1.54) is 23.0 Å². The van der Waals surface area contributed by atoms with Crippen molar-refractivity contribution in [1.29, 1.82) is 5.26 Å². The van der Waals surface area contributed by atoms with Crippen LogP contribution in [0.1, 0.15) is 32.7 Å². The molecule has 7 nitrogen and oxygen atoms in total. The van der Waals surface area contributed by atoms with Gasteiger partial charge in [0.25, 0.3) is 5.91 Å². The standard InChI is InChI=1S/C25H17ClF2N6O/c1-13-2-15-3-14(4-21(28)24(15)31-8-13)11-34-12-18(23(7-29)33-34)25(35)32-9-16-5-17-19(26)10-30-22(17)6-20(16)27/h2-6,8,10,12,30H,9,11H2,1H3,(H,32,35). The summed E-state index contributed by atoms with van der Waals surface area (Å²) in [6.45, 7) is 1.89. The highest BCUT2D eigenvalue weighted by Crippen LogP contribution is 2.26. The second-order valence-electron chi connectivity index (χ2n) is 8.17. The highest BCUT2D eigenvalue weighted by Gasteiger charge is 2.18. The molecule has 10 heteroatoms. The fourth-order valence-corrected chi connectivity index (χ4v) is 4.17. The molecule has 3 heterocycles. The molecule has 0 aliphatic heterocycles. The van der Waals surface area contributed by atoms with Crippen molar-refractivity contribution in [3.05, 3.63) is 93.5 Å². The minimum absolute atomic E-state index is 0.0347. The second-order valence-corrected chi connectivity index (χ2v) is 8.58. The van der Waals surface area contributed by atoms with Crippen LogP contribution in [0.5, 0.6) is 0 Å². The van der Waals surface area contributed by atoms with Gasteiger partial charge in [-0.15, -0.1) is 0 Å². The fraction of sp³-hybridized carbons (Fsp3) is 0.120. The van der Waals surface area contributed by atoms with Crippen molar-refractivity contribution in [3.63, 3.8) is 0 Å². The number of aryl methyl sites for hydroxylation is 1. The van der Waals surface area contributed by atoms with Crippen LogP contribution in [-0.4, -0.2) is 25.7 Å². The summed E-state index contributed by atoms with van der Waals surface area (Å²) in [5, 5.41) is 18.0. The quantitative estimate of drug-likeness (QED) is 0.362. The number of amides is 1. The maximum absolute atomic E-state index is 14.5. The van der Waals surface area contributed by atoms with Gasteiger partial charge in [-0.2, -0.15) is 10.4 Å². The molecule has 2 aromatic carbocycles. The van der Waals surface area contributed by atoms with Crippen molar-refractivity contribution in [1.82, 2.24) is 25.1 Å². The van der Waals surface area contributed by atoms with Gasteiger partial charge in [-0.3, -0.25) is 14.5 Å². The number of H-pyrrole nitrogens is 1. The predicted octanol–water partition coefficient (Wildman–Crippen LogP) is 5.00. The van der Waals surface area contributed by atoms with Crippen molar-refractivity contribution in [2.45, 2.75) is 20.0 Å². The number of benzene rings is 2. The highest BCUT2D eigenvalue weighted by molar-refractivity contribution is 6.35. The molecule has 0 radical (unpaired) electrons. The van der Waals surface area contributed by atoms with Gasteiger partial charge in [0, 0.05) is 47.0 Å². The number of halogens is 3. The molecule has 35 heavy (non-hydrogen) atoms. The summed E-state index contributed by atoms with van der Waals surface area (Å²) in [4.78, 5) is 19.8. The normalized spacial score (nSPS) is 11.2. The van der Waals surface area contributed by atoms with Crippen LogP contribution in [0.15, 0.2) is 48.9 Å². The van der Waals surface area contributed by atoms with E-state index >= 15 is 0 Å². The number of nitrogens with one attached hydrogen (secondary N) is 2. The molecule has 5 rings (SSSR count). The topological polar surface area (TPSA) is 99.4 Å². The molecule has 5 aromatic rings. The lowest BCUT2D eigenvalue weighted by atomic mass is 10.1. The van der Waals surface area contributed by atoms with Gasteiger partial charge in [0.2, 0.25) is 0 Å². The van der Waals surface area contributed by atoms with E-state index < -0.39 is 17.5 Å². The number of hydrogen-bond donors (Lipinski definition) is 2. The third kappa shape index (κ3) is 4.32. The first kappa shape index (κ1) is 22.5. The molecule has 3 aromatic heterocycles. The second kappa shape index (κ2) is 8.81. The van der Waals surface area contributed by atoms with E-state index in [-0.39, 0.29) is 35.4 Å². The first-order valence-corrected chi connectivity index (χ1v) is 11.0. The molecule has 174 valence electrons. The zero-order chi connectivity index (χ0) is 24.7. The Kier molecular flexibility index (Phi) is 5.67. The van der Waals surface area contributed by atoms with Gasteiger partial charge in [-0.1, -0.05) is 11.6 Å². The van der Waals surface area contributed by atoms with Crippen LogP contribution in [0.4, 0.5) is 8.78 Å². The summed E-state index contributed by atoms with van der Waals surface area (Å²) >= 11 is 6.10. The first-order valence-electron chi connectivity index (χ1n) is 10.6. The van der Waals surface area contributed by atoms with Crippen LogP contribution in [0, 0.1) is 29.9 Å². The molecule has 0 aliphatic rings. The van der Waals surface area contributed by atoms with E-state index in [4.69, 9.17) is 11.6 Å². The van der Waals surface area contributed by atoms with Gasteiger partial charge in [-0.05, 0) is 48.4 Å². The molecule has 0 spiro atoms. The number of pyridine rings is 1. The lowest BCUT2D eigenvalue weighted by Crippen LogP contribution is -2.23. The van der Waals surface area contributed by atoms with E-state index in [0.717, 1.165) is 5.56 Å². The van der Waals surface area contributed by atoms with Gasteiger partial charge >= 0.3 is 0 Å². The van der Waals surface area contributed by atoms with Crippen LogP contribution in [-0.2, 0) is 13.1 Å². The Morgan fingerprint density at radius 1 is 1.23 bits per heavy atom. The summed E-state index contributed by atoms with van der Waals surface area (Å²) in [6, 6.07) is 9.73. The Bertz CT molecular complexity index is 1670. The fourth-order valence-electron chi connectivity index (χ4n) is 3.96. The van der Waals surface area contributed by atoms with Crippen molar-refractivity contribution in [2.75, 3.05) is 0 Å². The molecule has 1 amide bonds. The molecule has 2 N–H and O–H groups in total. The van der Waals surface area contributed by atoms with Crippen molar-refractivity contribution in [2.24, 2.45) is 0 Å². The van der Waals surface area contributed by atoms with Crippen molar-refractivity contribution < 1.29 is 13.6 Å². The van der Waals surface area contributed by atoms with Crippen LogP contribution < -0.4 is 5.32 Å². The van der Waals surface area contributed by atoms with Gasteiger partial charge in [0.05, 0.1) is 17.1 Å². The molecule has 0 atom stereocenters. The summed E-state index contributed by atoms with van der Waals surface area (Å²) < 4.78 is 30.3. The van der Waals surface area contributed by atoms with E-state index in [1.807, 2.05) is 19.1 Å². The van der Waals surface area contributed by atoms with Gasteiger partial charge in [-0.25, -0.2) is 8.78 Å². The maximum Gasteiger partial charge on any atom is 0.256 e. The third-order valence-electron chi connectivity index (χ3n) is 5.63. The monoisotopic (exact) mass is 490 g/mol. The summed E-state index contributed by atoms with van der Waals surface area (Å²) in [7, 11) is 0. The van der Waals surface area contributed by atoms with Gasteiger partial charge in [0.15, 0.2) is 5.69 Å². The van der Waals surface area contributed by atoms with Crippen molar-refractivity contribution in [3.8, 4) is 6.07 Å². The average Bonchev–Trinajstić information content (AvgIpc) is 3.39. The average molecular weight is 491 g/mol. The van der Waals surface area contributed by atoms with Crippen LogP contribution >= 0.6 is 11.6 Å². The Hall–Kier alpha value is -4.29. The summed E-state index contributed by atoms with van der Waals surface area (Å²) in [5.41, 5.74) is 2.50. The summed E-state index contributed by atoms with van der Waals surface area (Å²) in [6.07, 6.45) is 4.56. The molecule has 0 saturated heterocycles. The molecule has 0 fully saturated rings. The number of nitrogens with zero attached hydrogens (tertiary/aromatic N) is 4. The Morgan fingerprint density at radius 2 is 2.06 bits per heavy atom. The van der Waals surface area contributed by atoms with E-state index in [2.05, 4.69) is 20.4 Å². The van der Waals surface area contributed by atoms with Gasteiger partial charge < -0.3 is 10.3 Å². The minimum atomic E-state index is -0.586. The third-order valence-corrected chi connectivity index (χ3v) is 5.94. The molecule has 0 unspecified atom stereocenters. The number of aromatic nitrogens is 4. The zero-order valence-electron chi connectivity index (χ0n) is 18.4. The number of carbonyl (C=O) groups is 1. The molecule has 0 saturated carbocycles. The lowest BCUT2D eigenvalue weighted by molar-refractivity contribution is 0.0950. The Balaban J connectivity index is 1.37. The Morgan fingerprint density at radius 3 is 2.86 bits per heavy atom. The number of aromatic amines is 1. The number of nitriles is 1. The van der Waals surface area contributed by atoms with E-state index in [9.17, 15) is 18.8 Å². The number of rotatable bonds is 5. The SMILES string of the molecule is Cc1cnc2c(F)cc(Cn3cc(C(=O)NCc4cc5c(Cl)c[nH]c5cc4F)c(C#N)n3)cc2c1. The Labute approximate surface area is 203 Å². The zero-order valence-corrected chi connectivity index (χ0v) is 19.1. The minimum Gasteiger partial charge on any atom is -0.360 e. The van der Waals surface area contributed by atoms with Gasteiger partial charge in [0.1, 0.15) is 23.2 Å². The van der Waals surface area contributed by atoms with Crippen LogP contribution in [0.2, 0.25) is 5.02 Å². The van der Waals surface area contributed by atoms with E-state index in [1.54, 1.807) is 24.5 Å². The molecule has 0 aliphatic carbocycles. The number of fused-ring (bicyclic) bond motifs is 2. The molecule has 0 bridgehead atoms. The smallest absolute Gasteiger partial charge is 0.256 e. The first-order chi connectivity index (χ1) is 16.8. The largest absolute Gasteiger partial charge is 0.360 e. The van der Waals surface area contributed by atoms with Crippen LogP contribution in [0.25, 0.3) is 21.8 Å². The number of carbonyl (C=O) groups excluding carboxylic acids is 1. The van der Waals surface area contributed by atoms with E-state index in [0.29, 0.717) is 26.9 Å².